The standard InChI is InChI=1S/C29H27F2N5O5S2/c1-35(43(3,39)40)29-32-16-22(17-33-29)20-10-13-24-25(15-20)36(18-21-6-4-5-7-26(21)41-28(30)31)27(34-24)14-19-8-11-23(12-9-19)42(2,37)38/h4-13,15-17,28H,14,18H2,1-3H3. The van der Waals surface area contributed by atoms with E-state index in [9.17, 15) is 25.6 Å². The molecule has 3 aromatic carbocycles. The van der Waals surface area contributed by atoms with Crippen molar-refractivity contribution in [2.75, 3.05) is 23.9 Å². The van der Waals surface area contributed by atoms with Gasteiger partial charge in [0, 0.05) is 43.2 Å². The van der Waals surface area contributed by atoms with Crippen molar-refractivity contribution >= 4 is 36.8 Å². The molecule has 0 spiro atoms. The van der Waals surface area contributed by atoms with Crippen molar-refractivity contribution in [3.63, 3.8) is 0 Å². The average Bonchev–Trinajstić information content (AvgIpc) is 3.28. The third-order valence-corrected chi connectivity index (χ3v) is 9.10. The quantitative estimate of drug-likeness (QED) is 0.221. The number of ether oxygens (including phenoxy) is 1. The third kappa shape index (κ3) is 6.81. The number of aromatic nitrogens is 4. The topological polar surface area (TPSA) is 124 Å². The van der Waals surface area contributed by atoms with Gasteiger partial charge >= 0.3 is 6.61 Å². The Morgan fingerprint density at radius 1 is 0.907 bits per heavy atom. The van der Waals surface area contributed by atoms with E-state index in [2.05, 4.69) is 9.97 Å². The number of fused-ring (bicyclic) bond motifs is 1. The van der Waals surface area contributed by atoms with Crippen molar-refractivity contribution in [1.29, 1.82) is 0 Å². The van der Waals surface area contributed by atoms with Crippen LogP contribution in [0.3, 0.4) is 0 Å². The average molecular weight is 628 g/mol. The van der Waals surface area contributed by atoms with Crippen LogP contribution < -0.4 is 9.04 Å². The van der Waals surface area contributed by atoms with Gasteiger partial charge in [-0.2, -0.15) is 8.78 Å². The van der Waals surface area contributed by atoms with E-state index >= 15 is 0 Å². The molecule has 0 saturated carbocycles. The highest BCUT2D eigenvalue weighted by atomic mass is 32.2. The van der Waals surface area contributed by atoms with Crippen molar-refractivity contribution < 1.29 is 30.4 Å². The summed E-state index contributed by atoms with van der Waals surface area (Å²) in [5, 5.41) is 0. The lowest BCUT2D eigenvalue weighted by Crippen LogP contribution is -2.26. The first-order valence-corrected chi connectivity index (χ1v) is 16.6. The minimum atomic E-state index is -3.53. The summed E-state index contributed by atoms with van der Waals surface area (Å²) in [6, 6.07) is 18.5. The number of nitrogens with zero attached hydrogens (tertiary/aromatic N) is 5. The maximum Gasteiger partial charge on any atom is 0.387 e. The molecular formula is C29H27F2N5O5S2. The van der Waals surface area contributed by atoms with E-state index < -0.39 is 26.5 Å². The summed E-state index contributed by atoms with van der Waals surface area (Å²) in [7, 11) is -5.53. The van der Waals surface area contributed by atoms with Gasteiger partial charge in [-0.15, -0.1) is 0 Å². The number of sulfone groups is 1. The van der Waals surface area contributed by atoms with Crippen molar-refractivity contribution in [3.8, 4) is 16.9 Å². The monoisotopic (exact) mass is 627 g/mol. The third-order valence-electron chi connectivity index (χ3n) is 6.81. The van der Waals surface area contributed by atoms with Gasteiger partial charge in [-0.25, -0.2) is 36.1 Å². The summed E-state index contributed by atoms with van der Waals surface area (Å²) < 4.78 is 81.5. The zero-order chi connectivity index (χ0) is 30.9. The molecule has 224 valence electrons. The molecule has 2 heterocycles. The fourth-order valence-corrected chi connectivity index (χ4v) is 5.52. The lowest BCUT2D eigenvalue weighted by atomic mass is 10.1. The molecule has 0 saturated heterocycles. The molecule has 14 heteroatoms. The van der Waals surface area contributed by atoms with Crippen molar-refractivity contribution in [2.24, 2.45) is 0 Å². The minimum Gasteiger partial charge on any atom is -0.434 e. The van der Waals surface area contributed by atoms with Crippen LogP contribution in [0.2, 0.25) is 0 Å². The lowest BCUT2D eigenvalue weighted by molar-refractivity contribution is -0.0504. The molecule has 2 aromatic heterocycles. The first kappa shape index (κ1) is 30.0. The zero-order valence-electron chi connectivity index (χ0n) is 23.3. The van der Waals surface area contributed by atoms with Gasteiger partial charge in [0.2, 0.25) is 16.0 Å². The number of sulfonamides is 1. The van der Waals surface area contributed by atoms with Crippen LogP contribution in [0.15, 0.2) is 84.0 Å². The van der Waals surface area contributed by atoms with E-state index in [4.69, 9.17) is 9.72 Å². The van der Waals surface area contributed by atoms with Gasteiger partial charge in [-0.3, -0.25) is 0 Å². The Morgan fingerprint density at radius 2 is 1.58 bits per heavy atom. The van der Waals surface area contributed by atoms with E-state index in [1.807, 2.05) is 22.8 Å². The Bertz CT molecular complexity index is 2000. The molecule has 0 fully saturated rings. The summed E-state index contributed by atoms with van der Waals surface area (Å²) in [4.78, 5) is 13.4. The molecule has 43 heavy (non-hydrogen) atoms. The highest BCUT2D eigenvalue weighted by Gasteiger charge is 2.18. The van der Waals surface area contributed by atoms with Crippen LogP contribution in [0, 0.1) is 0 Å². The van der Waals surface area contributed by atoms with Gasteiger partial charge in [0.15, 0.2) is 9.84 Å². The van der Waals surface area contributed by atoms with Crippen LogP contribution in [0.4, 0.5) is 14.7 Å². The fraction of sp³-hybridized carbons (Fsp3) is 0.207. The normalized spacial score (nSPS) is 12.1. The SMILES string of the molecule is CN(c1ncc(-c2ccc3nc(Cc4ccc(S(C)(=O)=O)cc4)n(Cc4ccccc4OC(F)F)c3c2)cn1)S(C)(=O)=O. The number of imidazole rings is 1. The van der Waals surface area contributed by atoms with Crippen LogP contribution in [0.1, 0.15) is 17.0 Å². The van der Waals surface area contributed by atoms with Crippen LogP contribution >= 0.6 is 0 Å². The smallest absolute Gasteiger partial charge is 0.387 e. The number of anilines is 1. The molecule has 0 aliphatic rings. The van der Waals surface area contributed by atoms with E-state index in [-0.39, 0.29) is 23.1 Å². The Hall–Kier alpha value is -4.43. The minimum absolute atomic E-state index is 0.0252. The number of rotatable bonds is 10. The van der Waals surface area contributed by atoms with Crippen molar-refractivity contribution in [2.45, 2.75) is 24.5 Å². The number of alkyl halides is 2. The molecule has 10 nitrogen and oxygen atoms in total. The van der Waals surface area contributed by atoms with Gasteiger partial charge in [0.05, 0.1) is 28.7 Å². The zero-order valence-corrected chi connectivity index (χ0v) is 25.0. The van der Waals surface area contributed by atoms with Crippen molar-refractivity contribution in [1.82, 2.24) is 19.5 Å². The Balaban J connectivity index is 1.58. The predicted molar refractivity (Wildman–Crippen MR) is 159 cm³/mol. The van der Waals surface area contributed by atoms with Crippen LogP contribution in [-0.2, 0) is 32.8 Å². The summed E-state index contributed by atoms with van der Waals surface area (Å²) in [5.74, 6) is 0.683. The Kier molecular flexibility index (Phi) is 8.16. The fourth-order valence-electron chi connectivity index (χ4n) is 4.50. The molecule has 5 rings (SSSR count). The highest BCUT2D eigenvalue weighted by molar-refractivity contribution is 7.92. The van der Waals surface area contributed by atoms with Gasteiger partial charge in [0.1, 0.15) is 11.6 Å². The summed E-state index contributed by atoms with van der Waals surface area (Å²) in [6.07, 6.45) is 5.56. The predicted octanol–water partition coefficient (Wildman–Crippen LogP) is 4.53. The van der Waals surface area contributed by atoms with Gasteiger partial charge in [0.25, 0.3) is 0 Å². The van der Waals surface area contributed by atoms with Gasteiger partial charge in [-0.05, 0) is 41.5 Å². The first-order valence-electron chi connectivity index (χ1n) is 12.9. The summed E-state index contributed by atoms with van der Waals surface area (Å²) >= 11 is 0. The molecule has 5 aromatic rings. The largest absolute Gasteiger partial charge is 0.434 e. The Morgan fingerprint density at radius 3 is 2.21 bits per heavy atom. The van der Waals surface area contributed by atoms with E-state index in [1.165, 1.54) is 37.6 Å². The number of hydrogen-bond acceptors (Lipinski definition) is 8. The summed E-state index contributed by atoms with van der Waals surface area (Å²) in [5.41, 5.74) is 4.01. The van der Waals surface area contributed by atoms with Crippen LogP contribution in [0.25, 0.3) is 22.2 Å². The number of hydrogen-bond donors (Lipinski definition) is 0. The number of para-hydroxylation sites is 1. The number of halogens is 2. The molecule has 0 N–H and O–H groups in total. The maximum absolute atomic E-state index is 13.2. The molecule has 0 unspecified atom stereocenters. The van der Waals surface area contributed by atoms with E-state index in [1.54, 1.807) is 30.3 Å². The van der Waals surface area contributed by atoms with E-state index in [0.29, 0.717) is 34.4 Å². The van der Waals surface area contributed by atoms with Crippen LogP contribution in [0.5, 0.6) is 5.75 Å². The highest BCUT2D eigenvalue weighted by Crippen LogP contribution is 2.29. The molecule has 0 aliphatic heterocycles. The number of benzene rings is 3. The molecule has 0 atom stereocenters. The van der Waals surface area contributed by atoms with Gasteiger partial charge in [-0.1, -0.05) is 36.4 Å². The van der Waals surface area contributed by atoms with Crippen molar-refractivity contribution in [3.05, 3.63) is 96.1 Å². The molecule has 0 amide bonds. The van der Waals surface area contributed by atoms with Crippen LogP contribution in [-0.4, -0.2) is 62.5 Å². The maximum atomic E-state index is 13.2. The second-order valence-corrected chi connectivity index (χ2v) is 13.9. The molecule has 0 aliphatic carbocycles. The molecule has 0 radical (unpaired) electrons. The molecular weight excluding hydrogens is 600 g/mol. The lowest BCUT2D eigenvalue weighted by Gasteiger charge is -2.15. The van der Waals surface area contributed by atoms with Gasteiger partial charge < -0.3 is 9.30 Å². The second kappa shape index (κ2) is 11.7. The first-order chi connectivity index (χ1) is 20.3. The Labute approximate surface area is 247 Å². The van der Waals surface area contributed by atoms with E-state index in [0.717, 1.165) is 27.9 Å². The molecule has 0 bridgehead atoms. The second-order valence-electron chi connectivity index (χ2n) is 9.90. The summed E-state index contributed by atoms with van der Waals surface area (Å²) in [6.45, 7) is -2.83.